The van der Waals surface area contributed by atoms with Gasteiger partial charge in [-0.05, 0) is 43.2 Å². The topological polar surface area (TPSA) is 93.0 Å². The standard InChI is InChI=1S/C25H28ClN5O4/c1-33-21-15-22(34-2)20(14-19(21)26)27-25(32)31-12-10-30(11-13-31)18-8-6-16(7-9-18)23-28-24(35-29-23)17-4-3-5-17/h6-9,14-15,17H,3-5,10-13H2,1-2H3,(H,27,32). The van der Waals surface area contributed by atoms with Gasteiger partial charge in [0.2, 0.25) is 11.7 Å². The molecular formula is C25H28ClN5O4. The van der Waals surface area contributed by atoms with Crippen molar-refractivity contribution in [3.05, 3.63) is 47.3 Å². The third kappa shape index (κ3) is 4.86. The van der Waals surface area contributed by atoms with Crippen LogP contribution in [0.2, 0.25) is 5.02 Å². The van der Waals surface area contributed by atoms with Crippen LogP contribution in [0.15, 0.2) is 40.9 Å². The van der Waals surface area contributed by atoms with Crippen molar-refractivity contribution >= 4 is 29.0 Å². The van der Waals surface area contributed by atoms with Gasteiger partial charge in [0.15, 0.2) is 0 Å². The predicted octanol–water partition coefficient (Wildman–Crippen LogP) is 5.03. The molecule has 2 amide bonds. The molecule has 1 aromatic heterocycles. The zero-order valence-corrected chi connectivity index (χ0v) is 20.5. The number of methoxy groups -OCH3 is 2. The van der Waals surface area contributed by atoms with Crippen LogP contribution >= 0.6 is 11.6 Å². The van der Waals surface area contributed by atoms with Crippen LogP contribution in [0.3, 0.4) is 0 Å². The van der Waals surface area contributed by atoms with E-state index >= 15 is 0 Å². The molecule has 9 nitrogen and oxygen atoms in total. The number of urea groups is 1. The Morgan fingerprint density at radius 3 is 2.40 bits per heavy atom. The summed E-state index contributed by atoms with van der Waals surface area (Å²) in [6.07, 6.45) is 3.49. The van der Waals surface area contributed by atoms with E-state index in [1.54, 1.807) is 17.0 Å². The van der Waals surface area contributed by atoms with Crippen LogP contribution in [-0.2, 0) is 0 Å². The highest BCUT2D eigenvalue weighted by Gasteiger charge is 2.26. The van der Waals surface area contributed by atoms with Crippen molar-refractivity contribution in [1.29, 1.82) is 0 Å². The van der Waals surface area contributed by atoms with Gasteiger partial charge in [-0.1, -0.05) is 23.2 Å². The normalized spacial score (nSPS) is 16.1. The first kappa shape index (κ1) is 23.3. The van der Waals surface area contributed by atoms with Crippen molar-refractivity contribution in [2.45, 2.75) is 25.2 Å². The Labute approximate surface area is 208 Å². The molecule has 1 N–H and O–H groups in total. The maximum atomic E-state index is 12.9. The van der Waals surface area contributed by atoms with Crippen molar-refractivity contribution < 1.29 is 18.8 Å². The molecule has 1 saturated carbocycles. The zero-order chi connectivity index (χ0) is 24.4. The van der Waals surface area contributed by atoms with E-state index < -0.39 is 0 Å². The molecule has 1 aliphatic carbocycles. The molecule has 1 saturated heterocycles. The summed E-state index contributed by atoms with van der Waals surface area (Å²) >= 11 is 6.22. The number of amides is 2. The largest absolute Gasteiger partial charge is 0.495 e. The average molecular weight is 498 g/mol. The lowest BCUT2D eigenvalue weighted by atomic mass is 9.85. The number of hydrogen-bond donors (Lipinski definition) is 1. The minimum atomic E-state index is -0.195. The molecule has 0 bridgehead atoms. The van der Waals surface area contributed by atoms with Gasteiger partial charge >= 0.3 is 6.03 Å². The van der Waals surface area contributed by atoms with E-state index in [4.69, 9.17) is 25.6 Å². The fourth-order valence-corrected chi connectivity index (χ4v) is 4.56. The van der Waals surface area contributed by atoms with Crippen LogP contribution in [0, 0.1) is 0 Å². The minimum Gasteiger partial charge on any atom is -0.495 e. The molecule has 10 heteroatoms. The third-order valence-electron chi connectivity index (χ3n) is 6.67. The van der Waals surface area contributed by atoms with E-state index in [0.717, 1.165) is 43.1 Å². The quantitative estimate of drug-likeness (QED) is 0.510. The van der Waals surface area contributed by atoms with E-state index in [1.165, 1.54) is 20.6 Å². The molecule has 3 aromatic rings. The summed E-state index contributed by atoms with van der Waals surface area (Å²) < 4.78 is 16.0. The molecule has 0 atom stereocenters. The van der Waals surface area contributed by atoms with Gasteiger partial charge in [-0.25, -0.2) is 4.79 Å². The Kier molecular flexibility index (Phi) is 6.68. The maximum Gasteiger partial charge on any atom is 0.322 e. The van der Waals surface area contributed by atoms with E-state index in [2.05, 4.69) is 32.5 Å². The molecular weight excluding hydrogens is 470 g/mol. The van der Waals surface area contributed by atoms with Crippen molar-refractivity contribution in [2.24, 2.45) is 0 Å². The van der Waals surface area contributed by atoms with Crippen LogP contribution < -0.4 is 19.7 Å². The molecule has 2 aliphatic rings. The third-order valence-corrected chi connectivity index (χ3v) is 6.96. The number of rotatable bonds is 6. The average Bonchev–Trinajstić information content (AvgIpc) is 3.33. The Morgan fingerprint density at radius 1 is 1.06 bits per heavy atom. The number of nitrogens with zero attached hydrogens (tertiary/aromatic N) is 4. The maximum absolute atomic E-state index is 12.9. The SMILES string of the molecule is COc1cc(OC)c(NC(=O)N2CCN(c3ccc(-c4noc(C5CCC5)n4)cc3)CC2)cc1Cl. The fraction of sp³-hybridized carbons (Fsp3) is 0.400. The highest BCUT2D eigenvalue weighted by Crippen LogP contribution is 2.37. The Balaban J connectivity index is 1.18. The first-order chi connectivity index (χ1) is 17.1. The number of carbonyl (C=O) groups excluding carboxylic acids is 1. The summed E-state index contributed by atoms with van der Waals surface area (Å²) in [7, 11) is 3.07. The highest BCUT2D eigenvalue weighted by molar-refractivity contribution is 6.32. The first-order valence-corrected chi connectivity index (χ1v) is 12.1. The first-order valence-electron chi connectivity index (χ1n) is 11.7. The molecule has 2 aromatic carbocycles. The summed E-state index contributed by atoms with van der Waals surface area (Å²) in [5.41, 5.74) is 2.54. The van der Waals surface area contributed by atoms with Crippen LogP contribution in [0.4, 0.5) is 16.2 Å². The molecule has 0 spiro atoms. The minimum absolute atomic E-state index is 0.195. The van der Waals surface area contributed by atoms with E-state index in [0.29, 0.717) is 47.0 Å². The van der Waals surface area contributed by atoms with Gasteiger partial charge in [-0.3, -0.25) is 0 Å². The molecule has 2 heterocycles. The lowest BCUT2D eigenvalue weighted by Gasteiger charge is -2.36. The lowest BCUT2D eigenvalue weighted by Crippen LogP contribution is -2.50. The summed E-state index contributed by atoms with van der Waals surface area (Å²) in [5, 5.41) is 7.45. The van der Waals surface area contributed by atoms with Crippen molar-refractivity contribution in [2.75, 3.05) is 50.6 Å². The molecule has 0 radical (unpaired) electrons. The highest BCUT2D eigenvalue weighted by atomic mass is 35.5. The molecule has 0 unspecified atom stereocenters. The van der Waals surface area contributed by atoms with Gasteiger partial charge in [-0.15, -0.1) is 0 Å². The molecule has 184 valence electrons. The number of hydrogen-bond acceptors (Lipinski definition) is 7. The van der Waals surface area contributed by atoms with Crippen molar-refractivity contribution in [3.8, 4) is 22.9 Å². The van der Waals surface area contributed by atoms with Crippen molar-refractivity contribution in [1.82, 2.24) is 15.0 Å². The number of piperazine rings is 1. The number of benzene rings is 2. The van der Waals surface area contributed by atoms with Crippen LogP contribution in [0.5, 0.6) is 11.5 Å². The number of nitrogens with one attached hydrogen (secondary N) is 1. The smallest absolute Gasteiger partial charge is 0.322 e. The monoisotopic (exact) mass is 497 g/mol. The van der Waals surface area contributed by atoms with Gasteiger partial charge in [0.1, 0.15) is 11.5 Å². The van der Waals surface area contributed by atoms with Crippen LogP contribution in [0.25, 0.3) is 11.4 Å². The second-order valence-electron chi connectivity index (χ2n) is 8.72. The summed E-state index contributed by atoms with van der Waals surface area (Å²) in [6, 6.07) is 11.3. The summed E-state index contributed by atoms with van der Waals surface area (Å²) in [6.45, 7) is 2.63. The molecule has 35 heavy (non-hydrogen) atoms. The number of carbonyl (C=O) groups is 1. The fourth-order valence-electron chi connectivity index (χ4n) is 4.31. The van der Waals surface area contributed by atoms with E-state index in [1.807, 2.05) is 12.1 Å². The van der Waals surface area contributed by atoms with Gasteiger partial charge in [0.25, 0.3) is 0 Å². The van der Waals surface area contributed by atoms with E-state index in [9.17, 15) is 4.79 Å². The number of anilines is 2. The van der Waals surface area contributed by atoms with Crippen LogP contribution in [0.1, 0.15) is 31.1 Å². The van der Waals surface area contributed by atoms with Gasteiger partial charge in [0.05, 0.1) is 24.9 Å². The molecule has 2 fully saturated rings. The van der Waals surface area contributed by atoms with Crippen molar-refractivity contribution in [3.63, 3.8) is 0 Å². The van der Waals surface area contributed by atoms with Gasteiger partial charge < -0.3 is 29.1 Å². The zero-order valence-electron chi connectivity index (χ0n) is 19.8. The van der Waals surface area contributed by atoms with E-state index in [-0.39, 0.29) is 6.03 Å². The Bertz CT molecular complexity index is 1190. The van der Waals surface area contributed by atoms with Gasteiger partial charge in [-0.2, -0.15) is 4.98 Å². The number of aromatic nitrogens is 2. The second-order valence-corrected chi connectivity index (χ2v) is 9.13. The summed E-state index contributed by atoms with van der Waals surface area (Å²) in [4.78, 5) is 21.5. The second kappa shape index (κ2) is 10.0. The molecule has 1 aliphatic heterocycles. The number of ether oxygens (including phenoxy) is 2. The Morgan fingerprint density at radius 2 is 1.77 bits per heavy atom. The molecule has 5 rings (SSSR count). The lowest BCUT2D eigenvalue weighted by molar-refractivity contribution is 0.208. The predicted molar refractivity (Wildman–Crippen MR) is 134 cm³/mol. The Hall–Kier alpha value is -3.46. The summed E-state index contributed by atoms with van der Waals surface area (Å²) in [5.74, 6) is 2.78. The number of halogens is 1. The van der Waals surface area contributed by atoms with Crippen LogP contribution in [-0.4, -0.2) is 61.5 Å². The van der Waals surface area contributed by atoms with Gasteiger partial charge in [0, 0.05) is 49.4 Å².